The number of hydrogen-bond donors (Lipinski definition) is 2. The van der Waals surface area contributed by atoms with Gasteiger partial charge in [0, 0.05) is 12.5 Å². The van der Waals surface area contributed by atoms with Gasteiger partial charge in [0.2, 0.25) is 5.88 Å². The molecule has 0 saturated carbocycles. The first kappa shape index (κ1) is 10.9. The van der Waals surface area contributed by atoms with Gasteiger partial charge in [0.05, 0.1) is 6.61 Å². The molecule has 2 heterocycles. The van der Waals surface area contributed by atoms with Crippen LogP contribution in [0.25, 0.3) is 0 Å². The Morgan fingerprint density at radius 1 is 1.60 bits per heavy atom. The average molecular weight is 322 g/mol. The van der Waals surface area contributed by atoms with Gasteiger partial charge in [-0.15, -0.1) is 0 Å². The lowest BCUT2D eigenvalue weighted by molar-refractivity contribution is 0.0778. The van der Waals surface area contributed by atoms with Gasteiger partial charge < -0.3 is 14.8 Å². The highest BCUT2D eigenvalue weighted by Gasteiger charge is 2.20. The van der Waals surface area contributed by atoms with Crippen molar-refractivity contribution < 1.29 is 9.84 Å². The topological polar surface area (TPSA) is 75.2 Å². The molecule has 1 fully saturated rings. The molecule has 0 radical (unpaired) electrons. The van der Waals surface area contributed by atoms with E-state index < -0.39 is 0 Å². The zero-order valence-corrected chi connectivity index (χ0v) is 10.2. The molecular weight excluding hydrogens is 311 g/mol. The molecular formula is C9H11IN2O3. The number of aromatic nitrogens is 2. The monoisotopic (exact) mass is 322 g/mol. The lowest BCUT2D eigenvalue weighted by atomic mass is 10.0. The van der Waals surface area contributed by atoms with Crippen molar-refractivity contribution >= 4 is 22.6 Å². The molecule has 2 N–H and O–H groups in total. The van der Waals surface area contributed by atoms with Crippen LogP contribution < -0.4 is 5.56 Å². The second-order valence-corrected chi connectivity index (χ2v) is 4.58. The van der Waals surface area contributed by atoms with Crippen molar-refractivity contribution in [3.63, 3.8) is 0 Å². The summed E-state index contributed by atoms with van der Waals surface area (Å²) in [4.78, 5) is 18.0. The smallest absolute Gasteiger partial charge is 0.268 e. The van der Waals surface area contributed by atoms with Crippen LogP contribution in [0.3, 0.4) is 0 Å². The summed E-state index contributed by atoms with van der Waals surface area (Å²) in [5, 5.41) is 9.43. The summed E-state index contributed by atoms with van der Waals surface area (Å²) >= 11 is 1.77. The Kier molecular flexibility index (Phi) is 3.25. The van der Waals surface area contributed by atoms with E-state index >= 15 is 0 Å². The SMILES string of the molecule is O=c1[nH]c(C2CCCOC2)nc(O)c1I. The van der Waals surface area contributed by atoms with Crippen LogP contribution in [0.2, 0.25) is 0 Å². The molecule has 6 heteroatoms. The molecule has 0 bridgehead atoms. The average Bonchev–Trinajstić information content (AvgIpc) is 2.26. The van der Waals surface area contributed by atoms with Crippen LogP contribution in [0.4, 0.5) is 0 Å². The molecule has 1 aromatic rings. The summed E-state index contributed by atoms with van der Waals surface area (Å²) < 4.78 is 5.53. The van der Waals surface area contributed by atoms with Gasteiger partial charge in [-0.05, 0) is 35.4 Å². The third-order valence-corrected chi connectivity index (χ3v) is 3.38. The number of rotatable bonds is 1. The Hall–Kier alpha value is -0.630. The van der Waals surface area contributed by atoms with Crippen molar-refractivity contribution in [2.75, 3.05) is 13.2 Å². The molecule has 1 aliphatic rings. The van der Waals surface area contributed by atoms with Gasteiger partial charge in [-0.3, -0.25) is 4.79 Å². The zero-order valence-electron chi connectivity index (χ0n) is 7.99. The van der Waals surface area contributed by atoms with Gasteiger partial charge in [-0.2, -0.15) is 4.98 Å². The van der Waals surface area contributed by atoms with E-state index in [1.807, 2.05) is 0 Å². The fraction of sp³-hybridized carbons (Fsp3) is 0.556. The number of halogens is 1. The first-order chi connectivity index (χ1) is 7.18. The summed E-state index contributed by atoms with van der Waals surface area (Å²) in [6.07, 6.45) is 1.89. The van der Waals surface area contributed by atoms with Gasteiger partial charge in [-0.1, -0.05) is 0 Å². The Balaban J connectivity index is 2.32. The van der Waals surface area contributed by atoms with Gasteiger partial charge in [-0.25, -0.2) is 0 Å². The predicted molar refractivity (Wildman–Crippen MR) is 62.0 cm³/mol. The Labute approximate surface area is 100 Å². The number of hydrogen-bond acceptors (Lipinski definition) is 4. The molecule has 1 atom stereocenters. The quantitative estimate of drug-likeness (QED) is 0.756. The fourth-order valence-electron chi connectivity index (χ4n) is 1.61. The van der Waals surface area contributed by atoms with E-state index in [9.17, 15) is 9.90 Å². The molecule has 82 valence electrons. The lowest BCUT2D eigenvalue weighted by Crippen LogP contribution is -2.22. The van der Waals surface area contributed by atoms with Crippen LogP contribution >= 0.6 is 22.6 Å². The number of H-pyrrole nitrogens is 1. The maximum absolute atomic E-state index is 11.4. The summed E-state index contributed by atoms with van der Waals surface area (Å²) in [5.74, 6) is 0.423. The molecule has 0 aliphatic carbocycles. The predicted octanol–water partition coefficient (Wildman–Crippen LogP) is 0.974. The molecule has 1 unspecified atom stereocenters. The zero-order chi connectivity index (χ0) is 10.8. The number of nitrogens with zero attached hydrogens (tertiary/aromatic N) is 1. The van der Waals surface area contributed by atoms with Crippen molar-refractivity contribution in [3.05, 3.63) is 19.7 Å². The minimum Gasteiger partial charge on any atom is -0.492 e. The Morgan fingerprint density at radius 2 is 2.40 bits per heavy atom. The maximum Gasteiger partial charge on any atom is 0.268 e. The standard InChI is InChI=1S/C9H11IN2O3/c10-6-8(13)11-7(12-9(6)14)5-2-1-3-15-4-5/h5H,1-4H2,(H2,11,12,13,14). The maximum atomic E-state index is 11.4. The van der Waals surface area contributed by atoms with Gasteiger partial charge in [0.15, 0.2) is 0 Å². The van der Waals surface area contributed by atoms with Crippen LogP contribution in [0, 0.1) is 3.57 Å². The van der Waals surface area contributed by atoms with Crippen molar-refractivity contribution in [2.45, 2.75) is 18.8 Å². The number of nitrogens with one attached hydrogen (secondary N) is 1. The van der Waals surface area contributed by atoms with E-state index in [2.05, 4.69) is 9.97 Å². The number of aromatic hydroxyl groups is 1. The Bertz CT molecular complexity index is 412. The number of aromatic amines is 1. The van der Waals surface area contributed by atoms with E-state index in [1.165, 1.54) is 0 Å². The normalized spacial score (nSPS) is 21.5. The van der Waals surface area contributed by atoms with Crippen LogP contribution in [-0.4, -0.2) is 28.3 Å². The first-order valence-corrected chi connectivity index (χ1v) is 5.83. The van der Waals surface area contributed by atoms with Crippen LogP contribution in [0.15, 0.2) is 4.79 Å². The van der Waals surface area contributed by atoms with E-state index in [0.717, 1.165) is 19.4 Å². The minimum absolute atomic E-state index is 0.0920. The molecule has 1 aromatic heterocycles. The highest BCUT2D eigenvalue weighted by Crippen LogP contribution is 2.23. The van der Waals surface area contributed by atoms with E-state index in [0.29, 0.717) is 12.4 Å². The largest absolute Gasteiger partial charge is 0.492 e. The molecule has 5 nitrogen and oxygen atoms in total. The second kappa shape index (κ2) is 4.48. The highest BCUT2D eigenvalue weighted by atomic mass is 127. The molecule has 15 heavy (non-hydrogen) atoms. The molecule has 1 saturated heterocycles. The van der Waals surface area contributed by atoms with Crippen LogP contribution in [0.5, 0.6) is 5.88 Å². The third kappa shape index (κ3) is 2.31. The summed E-state index contributed by atoms with van der Waals surface area (Å²) in [6, 6.07) is 0. The van der Waals surface area contributed by atoms with Crippen molar-refractivity contribution in [3.8, 4) is 5.88 Å². The van der Waals surface area contributed by atoms with Crippen molar-refractivity contribution in [1.82, 2.24) is 9.97 Å². The van der Waals surface area contributed by atoms with Crippen molar-refractivity contribution in [1.29, 1.82) is 0 Å². The summed E-state index contributed by atoms with van der Waals surface area (Å²) in [7, 11) is 0. The van der Waals surface area contributed by atoms with Crippen LogP contribution in [-0.2, 0) is 4.74 Å². The van der Waals surface area contributed by atoms with E-state index in [4.69, 9.17) is 4.74 Å². The fourth-order valence-corrected chi connectivity index (χ4v) is 1.87. The Morgan fingerprint density at radius 3 is 3.00 bits per heavy atom. The molecule has 0 aromatic carbocycles. The summed E-state index contributed by atoms with van der Waals surface area (Å²) in [5.41, 5.74) is -0.288. The van der Waals surface area contributed by atoms with Crippen LogP contribution in [0.1, 0.15) is 24.6 Å². The van der Waals surface area contributed by atoms with Gasteiger partial charge in [0.25, 0.3) is 5.56 Å². The molecule has 1 aliphatic heterocycles. The van der Waals surface area contributed by atoms with E-state index in [1.54, 1.807) is 22.6 Å². The lowest BCUT2D eigenvalue weighted by Gasteiger charge is -2.21. The van der Waals surface area contributed by atoms with Crippen molar-refractivity contribution in [2.24, 2.45) is 0 Å². The minimum atomic E-state index is -0.288. The van der Waals surface area contributed by atoms with Gasteiger partial charge >= 0.3 is 0 Å². The van der Waals surface area contributed by atoms with Gasteiger partial charge in [0.1, 0.15) is 9.39 Å². The molecule has 2 rings (SSSR count). The molecule has 0 amide bonds. The first-order valence-electron chi connectivity index (χ1n) is 4.75. The number of ether oxygens (including phenoxy) is 1. The third-order valence-electron chi connectivity index (χ3n) is 2.41. The molecule has 0 spiro atoms. The second-order valence-electron chi connectivity index (χ2n) is 3.50. The van der Waals surface area contributed by atoms with E-state index in [-0.39, 0.29) is 20.9 Å². The summed E-state index contributed by atoms with van der Waals surface area (Å²) in [6.45, 7) is 1.32. The highest BCUT2D eigenvalue weighted by molar-refractivity contribution is 14.1.